The van der Waals surface area contributed by atoms with Crippen molar-refractivity contribution in [1.82, 2.24) is 0 Å². The van der Waals surface area contributed by atoms with Crippen molar-refractivity contribution in [2.45, 2.75) is 26.1 Å². The van der Waals surface area contributed by atoms with Gasteiger partial charge in [-0.2, -0.15) is 13.2 Å². The number of esters is 1. The van der Waals surface area contributed by atoms with Crippen molar-refractivity contribution in [3.63, 3.8) is 0 Å². The summed E-state index contributed by atoms with van der Waals surface area (Å²) >= 11 is 11.3. The van der Waals surface area contributed by atoms with E-state index in [9.17, 15) is 18.0 Å². The molecule has 0 N–H and O–H groups in total. The predicted octanol–water partition coefficient (Wildman–Crippen LogP) is 4.40. The Morgan fingerprint density at radius 1 is 1.41 bits per heavy atom. The minimum Gasteiger partial charge on any atom is -0.475 e. The van der Waals surface area contributed by atoms with Gasteiger partial charge in [0.1, 0.15) is 5.75 Å². The SMILES string of the molecule is Cc1cc2c(c(C)c1Cl)C=C(C(=O)OCCl)C(C(F)(F)F)O2. The van der Waals surface area contributed by atoms with Gasteiger partial charge in [-0.05, 0) is 37.1 Å². The maximum Gasteiger partial charge on any atom is 0.430 e. The summed E-state index contributed by atoms with van der Waals surface area (Å²) in [7, 11) is 0. The second-order valence-corrected chi connectivity index (χ2v) is 5.32. The highest BCUT2D eigenvalue weighted by Gasteiger charge is 2.49. The number of ether oxygens (including phenoxy) is 2. The quantitative estimate of drug-likeness (QED) is 0.583. The smallest absolute Gasteiger partial charge is 0.430 e. The molecule has 1 heterocycles. The molecule has 120 valence electrons. The molecule has 1 unspecified atom stereocenters. The van der Waals surface area contributed by atoms with Gasteiger partial charge < -0.3 is 9.47 Å². The van der Waals surface area contributed by atoms with Gasteiger partial charge in [0, 0.05) is 10.6 Å². The number of carbonyl (C=O) groups is 1. The second-order valence-electron chi connectivity index (χ2n) is 4.72. The number of hydrogen-bond acceptors (Lipinski definition) is 3. The zero-order chi connectivity index (χ0) is 16.7. The molecule has 1 aliphatic heterocycles. The van der Waals surface area contributed by atoms with Crippen LogP contribution >= 0.6 is 23.2 Å². The number of aryl methyl sites for hydroxylation is 1. The topological polar surface area (TPSA) is 35.5 Å². The van der Waals surface area contributed by atoms with Crippen molar-refractivity contribution in [3.05, 3.63) is 33.4 Å². The van der Waals surface area contributed by atoms with Gasteiger partial charge in [0.05, 0.1) is 5.57 Å². The van der Waals surface area contributed by atoms with Gasteiger partial charge in [0.2, 0.25) is 6.10 Å². The van der Waals surface area contributed by atoms with Gasteiger partial charge in [0.25, 0.3) is 0 Å². The molecule has 0 spiro atoms. The molecule has 0 amide bonds. The third kappa shape index (κ3) is 3.03. The number of alkyl halides is 4. The van der Waals surface area contributed by atoms with E-state index in [0.717, 1.165) is 6.08 Å². The average Bonchev–Trinajstić information content (AvgIpc) is 2.43. The summed E-state index contributed by atoms with van der Waals surface area (Å²) in [5.41, 5.74) is 0.758. The van der Waals surface area contributed by atoms with Crippen molar-refractivity contribution < 1.29 is 27.4 Å². The first-order chi connectivity index (χ1) is 10.2. The van der Waals surface area contributed by atoms with Crippen LogP contribution in [-0.2, 0) is 9.53 Å². The fourth-order valence-electron chi connectivity index (χ4n) is 2.18. The van der Waals surface area contributed by atoms with Gasteiger partial charge in [-0.1, -0.05) is 23.2 Å². The van der Waals surface area contributed by atoms with Crippen LogP contribution in [0.1, 0.15) is 16.7 Å². The number of fused-ring (bicyclic) bond motifs is 1. The molecule has 8 heteroatoms. The molecule has 1 aliphatic rings. The molecule has 0 saturated carbocycles. The van der Waals surface area contributed by atoms with Crippen LogP contribution in [-0.4, -0.2) is 24.3 Å². The van der Waals surface area contributed by atoms with Gasteiger partial charge in [-0.15, -0.1) is 0 Å². The van der Waals surface area contributed by atoms with Crippen LogP contribution in [0, 0.1) is 13.8 Å². The monoisotopic (exact) mass is 354 g/mol. The first kappa shape index (κ1) is 17.0. The number of halogens is 5. The lowest BCUT2D eigenvalue weighted by Gasteiger charge is -2.29. The van der Waals surface area contributed by atoms with E-state index in [1.807, 2.05) is 0 Å². The van der Waals surface area contributed by atoms with Gasteiger partial charge in [0.15, 0.2) is 6.07 Å². The van der Waals surface area contributed by atoms with Crippen LogP contribution in [0.5, 0.6) is 5.75 Å². The van der Waals surface area contributed by atoms with E-state index < -0.39 is 29.9 Å². The van der Waals surface area contributed by atoms with Crippen LogP contribution in [0.3, 0.4) is 0 Å². The van der Waals surface area contributed by atoms with E-state index >= 15 is 0 Å². The fraction of sp³-hybridized carbons (Fsp3) is 0.357. The Kier molecular flexibility index (Phi) is 4.63. The van der Waals surface area contributed by atoms with Crippen LogP contribution in [0.4, 0.5) is 13.2 Å². The molecule has 1 aromatic rings. The Balaban J connectivity index is 2.61. The van der Waals surface area contributed by atoms with Gasteiger partial charge in [-0.3, -0.25) is 0 Å². The summed E-state index contributed by atoms with van der Waals surface area (Å²) in [6.07, 6.45) is -6.08. The second kappa shape index (κ2) is 6.01. The number of rotatable bonds is 2. The lowest BCUT2D eigenvalue weighted by atomic mass is 9.96. The molecule has 0 aromatic heterocycles. The Bertz CT molecular complexity index is 654. The fourth-order valence-corrected chi connectivity index (χ4v) is 2.43. The molecule has 0 radical (unpaired) electrons. The number of carbonyl (C=O) groups excluding carboxylic acids is 1. The minimum atomic E-state index is -4.77. The highest BCUT2D eigenvalue weighted by molar-refractivity contribution is 6.32. The third-order valence-corrected chi connectivity index (χ3v) is 3.93. The summed E-state index contributed by atoms with van der Waals surface area (Å²) in [5, 5.41) is 0.397. The Morgan fingerprint density at radius 3 is 2.59 bits per heavy atom. The van der Waals surface area contributed by atoms with E-state index in [-0.39, 0.29) is 5.75 Å². The van der Waals surface area contributed by atoms with Crippen LogP contribution in [0.25, 0.3) is 6.08 Å². The maximum absolute atomic E-state index is 13.1. The first-order valence-electron chi connectivity index (χ1n) is 6.14. The summed E-state index contributed by atoms with van der Waals surface area (Å²) < 4.78 is 48.9. The Labute approximate surface area is 134 Å². The van der Waals surface area contributed by atoms with Crippen molar-refractivity contribution >= 4 is 35.2 Å². The zero-order valence-electron chi connectivity index (χ0n) is 11.6. The van der Waals surface area contributed by atoms with E-state index in [0.29, 0.717) is 21.7 Å². The minimum absolute atomic E-state index is 0.0177. The van der Waals surface area contributed by atoms with Crippen LogP contribution < -0.4 is 4.74 Å². The number of benzene rings is 1. The molecule has 1 aromatic carbocycles. The van der Waals surface area contributed by atoms with Gasteiger partial charge in [-0.25, -0.2) is 4.79 Å². The third-order valence-electron chi connectivity index (χ3n) is 3.24. The normalized spacial score (nSPS) is 17.4. The Morgan fingerprint density at radius 2 is 2.05 bits per heavy atom. The molecular formula is C14H11Cl2F3O3. The first-order valence-corrected chi connectivity index (χ1v) is 7.05. The largest absolute Gasteiger partial charge is 0.475 e. The average molecular weight is 355 g/mol. The molecule has 3 nitrogen and oxygen atoms in total. The summed E-state index contributed by atoms with van der Waals surface area (Å²) in [4.78, 5) is 11.7. The van der Waals surface area contributed by atoms with E-state index in [1.54, 1.807) is 13.8 Å². The highest BCUT2D eigenvalue weighted by Crippen LogP contribution is 2.41. The zero-order valence-corrected chi connectivity index (χ0v) is 13.1. The van der Waals surface area contributed by atoms with Crippen LogP contribution in [0.2, 0.25) is 5.02 Å². The summed E-state index contributed by atoms with van der Waals surface area (Å²) in [5.74, 6) is -1.16. The molecule has 0 aliphatic carbocycles. The standard InChI is InChI=1S/C14H11Cl2F3O3/c1-6-3-10-8(7(2)11(6)16)4-9(13(20)21-5-15)12(22-10)14(17,18)19/h3-4,12H,5H2,1-2H3. The summed E-state index contributed by atoms with van der Waals surface area (Å²) in [6, 6.07) is 0.852. The molecule has 0 fully saturated rings. The number of hydrogen-bond donors (Lipinski definition) is 0. The molecule has 0 bridgehead atoms. The Hall–Kier alpha value is -1.40. The van der Waals surface area contributed by atoms with Crippen molar-refractivity contribution in [1.29, 1.82) is 0 Å². The van der Waals surface area contributed by atoms with Crippen LogP contribution in [0.15, 0.2) is 11.6 Å². The lowest BCUT2D eigenvalue weighted by Crippen LogP contribution is -2.40. The van der Waals surface area contributed by atoms with E-state index in [2.05, 4.69) is 4.74 Å². The highest BCUT2D eigenvalue weighted by atomic mass is 35.5. The van der Waals surface area contributed by atoms with E-state index in [1.165, 1.54) is 6.07 Å². The predicted molar refractivity (Wildman–Crippen MR) is 76.2 cm³/mol. The molecule has 0 saturated heterocycles. The molecule has 22 heavy (non-hydrogen) atoms. The van der Waals surface area contributed by atoms with Gasteiger partial charge >= 0.3 is 12.1 Å². The molecule has 2 rings (SSSR count). The van der Waals surface area contributed by atoms with E-state index in [4.69, 9.17) is 27.9 Å². The van der Waals surface area contributed by atoms with Crippen molar-refractivity contribution in [3.8, 4) is 5.75 Å². The molecule has 1 atom stereocenters. The summed E-state index contributed by atoms with van der Waals surface area (Å²) in [6.45, 7) is 3.29. The van der Waals surface area contributed by atoms with Crippen molar-refractivity contribution in [2.75, 3.05) is 6.07 Å². The van der Waals surface area contributed by atoms with Crippen molar-refractivity contribution in [2.24, 2.45) is 0 Å². The molecular weight excluding hydrogens is 344 g/mol. The lowest BCUT2D eigenvalue weighted by molar-refractivity contribution is -0.187. The maximum atomic E-state index is 13.1.